The Bertz CT molecular complexity index is 1130. The van der Waals surface area contributed by atoms with Crippen LogP contribution in [0.1, 0.15) is 66.1 Å². The van der Waals surface area contributed by atoms with Gasteiger partial charge in [0.1, 0.15) is 0 Å². The molecule has 6 heteroatoms. The Kier molecular flexibility index (Phi) is 7.16. The summed E-state index contributed by atoms with van der Waals surface area (Å²) in [6.07, 6.45) is 0.309. The van der Waals surface area contributed by atoms with E-state index in [0.717, 1.165) is 12.0 Å². The van der Waals surface area contributed by atoms with Crippen molar-refractivity contribution in [2.45, 2.75) is 45.4 Å². The molecule has 1 heterocycles. The number of hydrogen-bond donors (Lipinski definition) is 2. The molecule has 6 nitrogen and oxygen atoms in total. The summed E-state index contributed by atoms with van der Waals surface area (Å²) < 4.78 is 11.8. The Labute approximate surface area is 199 Å². The predicted octanol–water partition coefficient (Wildman–Crippen LogP) is 5.69. The fourth-order valence-electron chi connectivity index (χ4n) is 4.12. The Morgan fingerprint density at radius 3 is 2.21 bits per heavy atom. The van der Waals surface area contributed by atoms with E-state index in [9.17, 15) is 14.7 Å². The molecule has 0 aromatic heterocycles. The summed E-state index contributed by atoms with van der Waals surface area (Å²) >= 11 is 0. The molecule has 0 radical (unpaired) electrons. The third kappa shape index (κ3) is 5.57. The van der Waals surface area contributed by atoms with Gasteiger partial charge >= 0.3 is 5.97 Å². The molecule has 1 atom stereocenters. The first-order valence-electron chi connectivity index (χ1n) is 11.5. The summed E-state index contributed by atoms with van der Waals surface area (Å²) in [4.78, 5) is 24.7. The van der Waals surface area contributed by atoms with Gasteiger partial charge in [-0.25, -0.2) is 0 Å². The smallest absolute Gasteiger partial charge is 0.303 e. The zero-order chi connectivity index (χ0) is 24.1. The molecule has 0 fully saturated rings. The quantitative estimate of drug-likeness (QED) is 0.429. The highest BCUT2D eigenvalue weighted by Crippen LogP contribution is 2.40. The molecule has 0 saturated heterocycles. The minimum atomic E-state index is -0.907. The van der Waals surface area contributed by atoms with Crippen molar-refractivity contribution in [1.29, 1.82) is 0 Å². The van der Waals surface area contributed by atoms with Crippen LogP contribution < -0.4 is 14.8 Å². The van der Waals surface area contributed by atoms with E-state index in [1.807, 2.05) is 60.7 Å². The van der Waals surface area contributed by atoms with Crippen LogP contribution in [0.4, 0.5) is 0 Å². The monoisotopic (exact) mass is 459 g/mol. The molecule has 1 unspecified atom stereocenters. The second kappa shape index (κ2) is 10.4. The van der Waals surface area contributed by atoms with Gasteiger partial charge in [0.15, 0.2) is 11.5 Å². The molecular formula is C28H29NO5. The molecule has 0 aliphatic carbocycles. The van der Waals surface area contributed by atoms with Crippen LogP contribution in [0, 0.1) is 5.92 Å². The van der Waals surface area contributed by atoms with Crippen LogP contribution in [0.15, 0.2) is 72.8 Å². The normalized spacial score (nSPS) is 13.6. The first-order valence-corrected chi connectivity index (χ1v) is 11.5. The average Bonchev–Trinajstić information content (AvgIpc) is 3.27. The number of carbonyl (C=O) groups excluding carboxylic acids is 1. The Morgan fingerprint density at radius 1 is 0.941 bits per heavy atom. The van der Waals surface area contributed by atoms with Crippen LogP contribution in [-0.4, -0.2) is 17.0 Å². The molecule has 3 aromatic rings. The van der Waals surface area contributed by atoms with Gasteiger partial charge in [0.05, 0.1) is 6.04 Å². The lowest BCUT2D eigenvalue weighted by Crippen LogP contribution is -2.30. The maximum Gasteiger partial charge on any atom is 0.303 e. The Hall–Kier alpha value is -3.80. The molecule has 2 N–H and O–H groups in total. The van der Waals surface area contributed by atoms with E-state index in [4.69, 9.17) is 9.47 Å². The van der Waals surface area contributed by atoms with Crippen molar-refractivity contribution in [3.63, 3.8) is 0 Å². The van der Waals surface area contributed by atoms with Gasteiger partial charge in [-0.3, -0.25) is 9.59 Å². The number of aliphatic carboxylic acids is 1. The SMILES string of the molecule is CC(C)CC(NC(=O)c1cc(C2Oc3ccccc3O2)ccc1CCC(=O)O)c1ccccc1. The number of fused-ring (bicyclic) bond motifs is 1. The highest BCUT2D eigenvalue weighted by atomic mass is 16.7. The highest BCUT2D eigenvalue weighted by Gasteiger charge is 2.27. The third-order valence-electron chi connectivity index (χ3n) is 5.79. The summed E-state index contributed by atoms with van der Waals surface area (Å²) in [7, 11) is 0. The van der Waals surface area contributed by atoms with Crippen molar-refractivity contribution >= 4 is 11.9 Å². The molecular weight excluding hydrogens is 430 g/mol. The molecule has 4 rings (SSSR count). The molecule has 34 heavy (non-hydrogen) atoms. The number of amides is 1. The van der Waals surface area contributed by atoms with E-state index in [2.05, 4.69) is 19.2 Å². The van der Waals surface area contributed by atoms with E-state index >= 15 is 0 Å². The van der Waals surface area contributed by atoms with Crippen molar-refractivity contribution in [2.75, 3.05) is 0 Å². The third-order valence-corrected chi connectivity index (χ3v) is 5.79. The molecule has 0 bridgehead atoms. The van der Waals surface area contributed by atoms with Crippen molar-refractivity contribution in [1.82, 2.24) is 5.32 Å². The van der Waals surface area contributed by atoms with Crippen molar-refractivity contribution in [3.8, 4) is 11.5 Å². The molecule has 3 aromatic carbocycles. The van der Waals surface area contributed by atoms with E-state index in [0.29, 0.717) is 34.1 Å². The lowest BCUT2D eigenvalue weighted by molar-refractivity contribution is -0.136. The van der Waals surface area contributed by atoms with E-state index in [-0.39, 0.29) is 24.8 Å². The van der Waals surface area contributed by atoms with E-state index in [1.54, 1.807) is 12.1 Å². The van der Waals surface area contributed by atoms with E-state index < -0.39 is 12.3 Å². The van der Waals surface area contributed by atoms with Gasteiger partial charge in [0.25, 0.3) is 12.2 Å². The summed E-state index contributed by atoms with van der Waals surface area (Å²) in [5, 5.41) is 12.4. The van der Waals surface area contributed by atoms with Gasteiger partial charge in [0.2, 0.25) is 0 Å². The van der Waals surface area contributed by atoms with Gasteiger partial charge < -0.3 is 19.9 Å². The van der Waals surface area contributed by atoms with Gasteiger partial charge in [-0.15, -0.1) is 0 Å². The van der Waals surface area contributed by atoms with Gasteiger partial charge in [-0.2, -0.15) is 0 Å². The Morgan fingerprint density at radius 2 is 1.59 bits per heavy atom. The number of carboxylic acid groups (broad SMARTS) is 1. The topological polar surface area (TPSA) is 84.9 Å². The number of aryl methyl sites for hydroxylation is 1. The van der Waals surface area contributed by atoms with Crippen molar-refractivity contribution in [2.24, 2.45) is 5.92 Å². The molecule has 1 aliphatic heterocycles. The molecule has 1 aliphatic rings. The summed E-state index contributed by atoms with van der Waals surface area (Å²) in [6.45, 7) is 4.24. The number of hydrogen-bond acceptors (Lipinski definition) is 4. The van der Waals surface area contributed by atoms with Gasteiger partial charge in [-0.05, 0) is 48.1 Å². The molecule has 0 spiro atoms. The number of nitrogens with one attached hydrogen (secondary N) is 1. The zero-order valence-corrected chi connectivity index (χ0v) is 19.4. The van der Waals surface area contributed by atoms with Crippen LogP contribution in [-0.2, 0) is 11.2 Å². The molecule has 176 valence electrons. The van der Waals surface area contributed by atoms with Crippen LogP contribution in [0.2, 0.25) is 0 Å². The minimum Gasteiger partial charge on any atom is -0.481 e. The molecule has 1 amide bonds. The average molecular weight is 460 g/mol. The maximum absolute atomic E-state index is 13.5. The second-order valence-electron chi connectivity index (χ2n) is 8.89. The first kappa shape index (κ1) is 23.4. The molecule has 0 saturated carbocycles. The zero-order valence-electron chi connectivity index (χ0n) is 19.4. The second-order valence-corrected chi connectivity index (χ2v) is 8.89. The lowest BCUT2D eigenvalue weighted by atomic mass is 9.95. The Balaban J connectivity index is 1.62. The fourth-order valence-corrected chi connectivity index (χ4v) is 4.12. The van der Waals surface area contributed by atoms with Gasteiger partial charge in [-0.1, -0.05) is 68.4 Å². The van der Waals surface area contributed by atoms with Crippen LogP contribution >= 0.6 is 0 Å². The largest absolute Gasteiger partial charge is 0.481 e. The highest BCUT2D eigenvalue weighted by molar-refractivity contribution is 5.96. The number of ether oxygens (including phenoxy) is 2. The summed E-state index contributed by atoms with van der Waals surface area (Å²) in [5.41, 5.74) is 2.84. The number of carboxylic acids is 1. The minimum absolute atomic E-state index is 0.0599. The standard InChI is InChI=1S/C28H29NO5/c1-18(2)16-23(20-8-4-3-5-9-20)29-27(32)22-17-21(13-12-19(22)14-15-26(30)31)28-33-24-10-6-7-11-25(24)34-28/h3-13,17-18,23,28H,14-16H2,1-2H3,(H,29,32)(H,30,31). The van der Waals surface area contributed by atoms with Gasteiger partial charge in [0, 0.05) is 17.5 Å². The van der Waals surface area contributed by atoms with Crippen molar-refractivity contribution < 1.29 is 24.2 Å². The first-order chi connectivity index (χ1) is 16.4. The van der Waals surface area contributed by atoms with Crippen LogP contribution in [0.3, 0.4) is 0 Å². The summed E-state index contributed by atoms with van der Waals surface area (Å²) in [6, 6.07) is 22.5. The van der Waals surface area contributed by atoms with Crippen LogP contribution in [0.25, 0.3) is 0 Å². The number of carbonyl (C=O) groups is 2. The van der Waals surface area contributed by atoms with E-state index in [1.165, 1.54) is 0 Å². The number of rotatable bonds is 9. The fraction of sp³-hybridized carbons (Fsp3) is 0.286. The number of para-hydroxylation sites is 2. The lowest BCUT2D eigenvalue weighted by Gasteiger charge is -2.22. The van der Waals surface area contributed by atoms with Crippen LogP contribution in [0.5, 0.6) is 11.5 Å². The summed E-state index contributed by atoms with van der Waals surface area (Å²) in [5.74, 6) is 0.522. The number of benzene rings is 3. The maximum atomic E-state index is 13.5. The predicted molar refractivity (Wildman–Crippen MR) is 129 cm³/mol. The van der Waals surface area contributed by atoms with Crippen molar-refractivity contribution in [3.05, 3.63) is 95.1 Å².